The second kappa shape index (κ2) is 8.54. The number of esters is 1. The molecule has 0 aliphatic carbocycles. The van der Waals surface area contributed by atoms with E-state index in [-0.39, 0.29) is 12.0 Å². The second-order valence-corrected chi connectivity index (χ2v) is 8.49. The molecule has 1 aliphatic rings. The molecular formula is C20H20N2O7S. The van der Waals surface area contributed by atoms with Gasteiger partial charge in [0.2, 0.25) is 15.8 Å². The standard InChI is InChI=1S/C20H20N2O7S/c1-12(19(24)13-7-9-14(10-8-13)22-30(2,26)27)28-18(23)11-17-20(25)21-15-5-3-4-6-16(15)29-17/h3-10,12,17,22H,11H2,1-2H3,(H,21,25). The number of hydrogen-bond acceptors (Lipinski definition) is 7. The number of carbonyl (C=O) groups is 3. The Morgan fingerprint density at radius 3 is 2.50 bits per heavy atom. The Balaban J connectivity index is 1.57. The van der Waals surface area contributed by atoms with E-state index in [4.69, 9.17) is 9.47 Å². The predicted molar refractivity (Wildman–Crippen MR) is 109 cm³/mol. The lowest BCUT2D eigenvalue weighted by molar-refractivity contribution is -0.150. The summed E-state index contributed by atoms with van der Waals surface area (Å²) in [4.78, 5) is 36.8. The van der Waals surface area contributed by atoms with Gasteiger partial charge in [0.15, 0.2) is 12.2 Å². The zero-order valence-electron chi connectivity index (χ0n) is 16.2. The van der Waals surface area contributed by atoms with E-state index in [1.165, 1.54) is 31.2 Å². The number of benzene rings is 2. The third-order valence-corrected chi connectivity index (χ3v) is 4.82. The van der Waals surface area contributed by atoms with Crippen LogP contribution in [0.2, 0.25) is 0 Å². The lowest BCUT2D eigenvalue weighted by Gasteiger charge is -2.25. The number of para-hydroxylation sites is 2. The van der Waals surface area contributed by atoms with Crippen molar-refractivity contribution in [2.75, 3.05) is 16.3 Å². The van der Waals surface area contributed by atoms with Gasteiger partial charge in [0.05, 0.1) is 18.4 Å². The van der Waals surface area contributed by atoms with E-state index >= 15 is 0 Å². The van der Waals surface area contributed by atoms with Crippen molar-refractivity contribution < 1.29 is 32.3 Å². The highest BCUT2D eigenvalue weighted by Crippen LogP contribution is 2.29. The predicted octanol–water partition coefficient (Wildman–Crippen LogP) is 1.96. The summed E-state index contributed by atoms with van der Waals surface area (Å²) in [7, 11) is -3.43. The van der Waals surface area contributed by atoms with Crippen LogP contribution in [0.4, 0.5) is 11.4 Å². The van der Waals surface area contributed by atoms with Gasteiger partial charge in [-0.15, -0.1) is 0 Å². The van der Waals surface area contributed by atoms with E-state index in [9.17, 15) is 22.8 Å². The summed E-state index contributed by atoms with van der Waals surface area (Å²) in [6.45, 7) is 1.42. The Hall–Kier alpha value is -3.40. The van der Waals surface area contributed by atoms with E-state index in [0.29, 0.717) is 17.1 Å². The molecule has 3 rings (SSSR count). The number of rotatable bonds is 7. The zero-order valence-corrected chi connectivity index (χ0v) is 17.1. The van der Waals surface area contributed by atoms with Gasteiger partial charge >= 0.3 is 5.97 Å². The molecular weight excluding hydrogens is 412 g/mol. The van der Waals surface area contributed by atoms with E-state index in [2.05, 4.69) is 10.0 Å². The summed E-state index contributed by atoms with van der Waals surface area (Å²) in [5.41, 5.74) is 1.07. The van der Waals surface area contributed by atoms with Gasteiger partial charge in [0.25, 0.3) is 5.91 Å². The van der Waals surface area contributed by atoms with Crippen LogP contribution in [0, 0.1) is 0 Å². The maximum Gasteiger partial charge on any atom is 0.310 e. The zero-order chi connectivity index (χ0) is 21.9. The van der Waals surface area contributed by atoms with Crippen molar-refractivity contribution in [3.63, 3.8) is 0 Å². The SMILES string of the molecule is CC(OC(=O)CC1Oc2ccccc2NC1=O)C(=O)c1ccc(NS(C)(=O)=O)cc1. The van der Waals surface area contributed by atoms with E-state index in [1.54, 1.807) is 24.3 Å². The van der Waals surface area contributed by atoms with Crippen LogP contribution >= 0.6 is 0 Å². The molecule has 9 nitrogen and oxygen atoms in total. The Morgan fingerprint density at radius 1 is 1.17 bits per heavy atom. The lowest BCUT2D eigenvalue weighted by Crippen LogP contribution is -2.39. The molecule has 0 bridgehead atoms. The molecule has 2 atom stereocenters. The molecule has 0 radical (unpaired) electrons. The topological polar surface area (TPSA) is 128 Å². The van der Waals surface area contributed by atoms with Crippen LogP contribution < -0.4 is 14.8 Å². The van der Waals surface area contributed by atoms with E-state index < -0.39 is 39.9 Å². The summed E-state index contributed by atoms with van der Waals surface area (Å²) in [5, 5.41) is 2.65. The molecule has 158 valence electrons. The van der Waals surface area contributed by atoms with Crippen molar-refractivity contribution in [1.29, 1.82) is 0 Å². The van der Waals surface area contributed by atoms with Crippen LogP contribution in [0.3, 0.4) is 0 Å². The molecule has 2 aromatic carbocycles. The van der Waals surface area contributed by atoms with Gasteiger partial charge in [-0.1, -0.05) is 12.1 Å². The van der Waals surface area contributed by atoms with Crippen molar-refractivity contribution in [2.24, 2.45) is 0 Å². The Labute approximate surface area is 173 Å². The number of ether oxygens (including phenoxy) is 2. The molecule has 2 aromatic rings. The van der Waals surface area contributed by atoms with Crippen LogP contribution in [0.5, 0.6) is 5.75 Å². The highest BCUT2D eigenvalue weighted by atomic mass is 32.2. The van der Waals surface area contributed by atoms with Gasteiger partial charge in [-0.3, -0.25) is 19.1 Å². The fourth-order valence-electron chi connectivity index (χ4n) is 2.83. The highest BCUT2D eigenvalue weighted by molar-refractivity contribution is 7.92. The molecule has 0 spiro atoms. The first-order valence-electron chi connectivity index (χ1n) is 9.00. The quantitative estimate of drug-likeness (QED) is 0.506. The van der Waals surface area contributed by atoms with Crippen LogP contribution in [0.1, 0.15) is 23.7 Å². The molecule has 0 fully saturated rings. The first-order valence-corrected chi connectivity index (χ1v) is 10.9. The molecule has 0 saturated carbocycles. The van der Waals surface area contributed by atoms with Crippen molar-refractivity contribution >= 4 is 39.1 Å². The smallest absolute Gasteiger partial charge is 0.310 e. The number of anilines is 2. The van der Waals surface area contributed by atoms with E-state index in [0.717, 1.165) is 6.26 Å². The minimum Gasteiger partial charge on any atom is -0.478 e. The molecule has 1 aliphatic heterocycles. The summed E-state index contributed by atoms with van der Waals surface area (Å²) in [6.07, 6.45) is -1.49. The fraction of sp³-hybridized carbons (Fsp3) is 0.250. The van der Waals surface area contributed by atoms with E-state index in [1.807, 2.05) is 0 Å². The normalized spacial score (nSPS) is 16.5. The van der Waals surface area contributed by atoms with Gasteiger partial charge in [0.1, 0.15) is 5.75 Å². The average molecular weight is 432 g/mol. The Morgan fingerprint density at radius 2 is 1.83 bits per heavy atom. The first-order chi connectivity index (χ1) is 14.1. The largest absolute Gasteiger partial charge is 0.478 e. The second-order valence-electron chi connectivity index (χ2n) is 6.74. The molecule has 0 saturated heterocycles. The van der Waals surface area contributed by atoms with Gasteiger partial charge in [-0.05, 0) is 43.3 Å². The number of ketones is 1. The summed E-state index contributed by atoms with van der Waals surface area (Å²) in [5.74, 6) is -1.25. The third kappa shape index (κ3) is 5.35. The van der Waals surface area contributed by atoms with Gasteiger partial charge < -0.3 is 14.8 Å². The molecule has 10 heteroatoms. The maximum absolute atomic E-state index is 12.5. The molecule has 1 amide bonds. The highest BCUT2D eigenvalue weighted by Gasteiger charge is 2.31. The van der Waals surface area contributed by atoms with Gasteiger partial charge in [-0.25, -0.2) is 8.42 Å². The Bertz CT molecular complexity index is 1080. The monoisotopic (exact) mass is 432 g/mol. The van der Waals surface area contributed by atoms with Crippen LogP contribution in [-0.2, 0) is 24.3 Å². The van der Waals surface area contributed by atoms with Gasteiger partial charge in [-0.2, -0.15) is 0 Å². The number of nitrogens with one attached hydrogen (secondary N) is 2. The summed E-state index contributed by atoms with van der Waals surface area (Å²) >= 11 is 0. The number of carbonyl (C=O) groups excluding carboxylic acids is 3. The molecule has 30 heavy (non-hydrogen) atoms. The van der Waals surface area contributed by atoms with Gasteiger partial charge in [0, 0.05) is 11.3 Å². The molecule has 1 heterocycles. The number of amides is 1. The van der Waals surface area contributed by atoms with Crippen molar-refractivity contribution in [3.05, 3.63) is 54.1 Å². The minimum absolute atomic E-state index is 0.245. The molecule has 2 unspecified atom stereocenters. The number of hydrogen-bond donors (Lipinski definition) is 2. The molecule has 0 aromatic heterocycles. The van der Waals surface area contributed by atoms with Crippen molar-refractivity contribution in [3.8, 4) is 5.75 Å². The summed E-state index contributed by atoms with van der Waals surface area (Å²) in [6, 6.07) is 12.5. The maximum atomic E-state index is 12.5. The number of Topliss-reactive ketones (excluding diaryl/α,β-unsaturated/α-hetero) is 1. The number of sulfonamides is 1. The lowest BCUT2D eigenvalue weighted by atomic mass is 10.1. The molecule has 2 N–H and O–H groups in total. The third-order valence-electron chi connectivity index (χ3n) is 4.21. The number of fused-ring (bicyclic) bond motifs is 1. The van der Waals surface area contributed by atoms with Crippen LogP contribution in [0.15, 0.2) is 48.5 Å². The first kappa shape index (κ1) is 21.3. The van der Waals surface area contributed by atoms with Crippen LogP contribution in [0.25, 0.3) is 0 Å². The average Bonchev–Trinajstić information content (AvgIpc) is 2.67. The fourth-order valence-corrected chi connectivity index (χ4v) is 3.39. The Kier molecular flexibility index (Phi) is 6.06. The van der Waals surface area contributed by atoms with Crippen LogP contribution in [-0.4, -0.2) is 44.5 Å². The van der Waals surface area contributed by atoms with Crippen molar-refractivity contribution in [1.82, 2.24) is 0 Å². The van der Waals surface area contributed by atoms with Crippen molar-refractivity contribution in [2.45, 2.75) is 25.6 Å². The summed E-state index contributed by atoms with van der Waals surface area (Å²) < 4.78 is 35.4. The minimum atomic E-state index is -3.43.